The normalized spacial score (nSPS) is 14.4. The number of hydrogen-bond acceptors (Lipinski definition) is 9. The van der Waals surface area contributed by atoms with Gasteiger partial charge in [-0.3, -0.25) is 13.5 Å². The van der Waals surface area contributed by atoms with E-state index in [-0.39, 0.29) is 29.4 Å². The van der Waals surface area contributed by atoms with E-state index in [4.69, 9.17) is 14.2 Å². The number of aromatic nitrogens is 2. The summed E-state index contributed by atoms with van der Waals surface area (Å²) in [6.07, 6.45) is 4.13. The highest BCUT2D eigenvalue weighted by Crippen LogP contribution is 2.29. The zero-order valence-electron chi connectivity index (χ0n) is 18.7. The van der Waals surface area contributed by atoms with E-state index in [0.717, 1.165) is 17.0 Å². The van der Waals surface area contributed by atoms with E-state index < -0.39 is 21.6 Å². The zero-order valence-corrected chi connectivity index (χ0v) is 19.5. The number of fused-ring (bicyclic) bond motifs is 1. The molecule has 0 aliphatic carbocycles. The maximum absolute atomic E-state index is 13.4. The molecule has 1 saturated heterocycles. The van der Waals surface area contributed by atoms with Gasteiger partial charge < -0.3 is 19.1 Å². The third kappa shape index (κ3) is 4.80. The van der Waals surface area contributed by atoms with Gasteiger partial charge >= 0.3 is 11.5 Å². The van der Waals surface area contributed by atoms with E-state index in [1.807, 2.05) is 11.8 Å². The first-order chi connectivity index (χ1) is 15.2. The van der Waals surface area contributed by atoms with Crippen LogP contribution in [0, 0.1) is 0 Å². The van der Waals surface area contributed by atoms with Crippen molar-refractivity contribution in [3.63, 3.8) is 0 Å². The van der Waals surface area contributed by atoms with E-state index in [2.05, 4.69) is 4.98 Å². The molecule has 0 amide bonds. The Balaban J connectivity index is 2.31. The van der Waals surface area contributed by atoms with Crippen LogP contribution in [0.5, 0.6) is 5.75 Å². The van der Waals surface area contributed by atoms with E-state index in [1.165, 1.54) is 18.6 Å². The van der Waals surface area contributed by atoms with Gasteiger partial charge in [-0.1, -0.05) is 13.3 Å². The van der Waals surface area contributed by atoms with Crippen LogP contribution in [0.25, 0.3) is 5.65 Å². The summed E-state index contributed by atoms with van der Waals surface area (Å²) in [7, 11) is -1.15. The number of sulfonamides is 1. The van der Waals surface area contributed by atoms with Crippen LogP contribution in [0.4, 0.5) is 11.4 Å². The number of anilines is 2. The minimum absolute atomic E-state index is 0.00294. The van der Waals surface area contributed by atoms with Crippen molar-refractivity contribution >= 4 is 33.0 Å². The Labute approximate surface area is 186 Å². The maximum atomic E-state index is 13.4. The summed E-state index contributed by atoms with van der Waals surface area (Å²) in [6, 6.07) is 1.63. The Morgan fingerprint density at radius 1 is 1.31 bits per heavy atom. The number of carbonyl (C=O) groups is 1. The minimum atomic E-state index is -3.69. The number of unbranched alkanes of at least 4 members (excludes halogenated alkanes) is 1. The summed E-state index contributed by atoms with van der Waals surface area (Å²) >= 11 is 0. The summed E-state index contributed by atoms with van der Waals surface area (Å²) in [6.45, 7) is 4.37. The Morgan fingerprint density at radius 2 is 2.00 bits per heavy atom. The summed E-state index contributed by atoms with van der Waals surface area (Å²) in [5.41, 5.74) is -0.136. The molecule has 2 aromatic heterocycles. The SMILES string of the molecule is CCCCOc1c(C(=O)OC)nc2c(N(C)S(C)(=O)=O)cc(N3CCOCC3)cn2c1=O. The molecule has 0 atom stereocenters. The first-order valence-electron chi connectivity index (χ1n) is 10.3. The van der Waals surface area contributed by atoms with Crippen LogP contribution in [0.3, 0.4) is 0 Å². The van der Waals surface area contributed by atoms with Gasteiger partial charge in [-0.2, -0.15) is 0 Å². The summed E-state index contributed by atoms with van der Waals surface area (Å²) in [5, 5.41) is 0. The highest BCUT2D eigenvalue weighted by Gasteiger charge is 2.26. The molecule has 0 saturated carbocycles. The molecule has 32 heavy (non-hydrogen) atoms. The summed E-state index contributed by atoms with van der Waals surface area (Å²) < 4.78 is 42.7. The quantitative estimate of drug-likeness (QED) is 0.411. The minimum Gasteiger partial charge on any atom is -0.486 e. The summed E-state index contributed by atoms with van der Waals surface area (Å²) in [4.78, 5) is 32.1. The molecule has 0 aromatic carbocycles. The van der Waals surface area contributed by atoms with Crippen LogP contribution >= 0.6 is 0 Å². The van der Waals surface area contributed by atoms with Gasteiger partial charge in [0.1, 0.15) is 0 Å². The fourth-order valence-corrected chi connectivity index (χ4v) is 3.77. The molecule has 1 fully saturated rings. The van der Waals surface area contributed by atoms with Gasteiger partial charge in [0, 0.05) is 26.3 Å². The monoisotopic (exact) mass is 468 g/mol. The Kier molecular flexibility index (Phi) is 7.24. The number of pyridine rings is 1. The number of rotatable bonds is 8. The highest BCUT2D eigenvalue weighted by atomic mass is 32.2. The van der Waals surface area contributed by atoms with Gasteiger partial charge in [0.25, 0.3) is 0 Å². The highest BCUT2D eigenvalue weighted by molar-refractivity contribution is 7.92. The van der Waals surface area contributed by atoms with E-state index in [9.17, 15) is 18.0 Å². The molecule has 0 N–H and O–H groups in total. The molecule has 1 aliphatic rings. The first kappa shape index (κ1) is 23.8. The number of ether oxygens (including phenoxy) is 3. The third-order valence-electron chi connectivity index (χ3n) is 5.19. The van der Waals surface area contributed by atoms with Gasteiger partial charge in [0.05, 0.1) is 44.6 Å². The average molecular weight is 469 g/mol. The zero-order chi connectivity index (χ0) is 23.5. The Bertz CT molecular complexity index is 1160. The fraction of sp³-hybridized carbons (Fsp3) is 0.550. The molecule has 11 nitrogen and oxygen atoms in total. The number of hydrogen-bond donors (Lipinski definition) is 0. The second-order valence-corrected chi connectivity index (χ2v) is 9.41. The van der Waals surface area contributed by atoms with Gasteiger partial charge in [-0.05, 0) is 12.5 Å². The predicted molar refractivity (Wildman–Crippen MR) is 119 cm³/mol. The molecule has 0 spiro atoms. The maximum Gasteiger partial charge on any atom is 0.360 e. The van der Waals surface area contributed by atoms with Gasteiger partial charge in [0.15, 0.2) is 11.3 Å². The predicted octanol–water partition coefficient (Wildman–Crippen LogP) is 0.892. The molecule has 176 valence electrons. The molecular weight excluding hydrogens is 440 g/mol. The number of morpholine rings is 1. The molecule has 12 heteroatoms. The Morgan fingerprint density at radius 3 is 2.59 bits per heavy atom. The van der Waals surface area contributed by atoms with Crippen molar-refractivity contribution < 1.29 is 27.4 Å². The molecule has 3 heterocycles. The number of methoxy groups -OCH3 is 1. The van der Waals surface area contributed by atoms with Crippen molar-refractivity contribution in [2.24, 2.45) is 0 Å². The summed E-state index contributed by atoms with van der Waals surface area (Å²) in [5.74, 6) is -1.07. The third-order valence-corrected chi connectivity index (χ3v) is 6.38. The molecular formula is C20H28N4O7S. The second-order valence-electron chi connectivity index (χ2n) is 7.40. The van der Waals surface area contributed by atoms with Crippen LogP contribution in [-0.2, 0) is 19.5 Å². The smallest absolute Gasteiger partial charge is 0.360 e. The van der Waals surface area contributed by atoms with Crippen LogP contribution in [0.1, 0.15) is 30.3 Å². The van der Waals surface area contributed by atoms with Crippen molar-refractivity contribution in [2.75, 3.05) is 62.5 Å². The van der Waals surface area contributed by atoms with Crippen LogP contribution in [0.15, 0.2) is 17.1 Å². The van der Waals surface area contributed by atoms with Crippen molar-refractivity contribution in [1.82, 2.24) is 9.38 Å². The molecule has 0 bridgehead atoms. The van der Waals surface area contributed by atoms with Gasteiger partial charge in [-0.25, -0.2) is 18.2 Å². The molecule has 1 aliphatic heterocycles. The number of nitrogens with zero attached hydrogens (tertiary/aromatic N) is 4. The second kappa shape index (κ2) is 9.74. The van der Waals surface area contributed by atoms with Crippen molar-refractivity contribution in [1.29, 1.82) is 0 Å². The molecule has 2 aromatic rings. The topological polar surface area (TPSA) is 120 Å². The molecule has 3 rings (SSSR count). The Hall–Kier alpha value is -2.86. The average Bonchev–Trinajstić information content (AvgIpc) is 2.78. The van der Waals surface area contributed by atoms with Crippen LogP contribution in [0.2, 0.25) is 0 Å². The lowest BCUT2D eigenvalue weighted by Gasteiger charge is -2.30. The number of carbonyl (C=O) groups excluding carboxylic acids is 1. The lowest BCUT2D eigenvalue weighted by molar-refractivity contribution is 0.0588. The first-order valence-corrected chi connectivity index (χ1v) is 12.1. The van der Waals surface area contributed by atoms with E-state index in [1.54, 1.807) is 12.3 Å². The van der Waals surface area contributed by atoms with E-state index >= 15 is 0 Å². The van der Waals surface area contributed by atoms with Crippen molar-refractivity contribution in [3.05, 3.63) is 28.3 Å². The molecule has 0 unspecified atom stereocenters. The lowest BCUT2D eigenvalue weighted by atomic mass is 10.2. The van der Waals surface area contributed by atoms with E-state index in [0.29, 0.717) is 38.4 Å². The standard InChI is InChI=1S/C20H28N4O7S/c1-5-6-9-31-17-16(20(26)29-3)21-18-15(22(2)32(4,27)28)12-14(13-24(18)19(17)25)23-7-10-30-11-8-23/h12-13H,5-11H2,1-4H3. The van der Waals surface area contributed by atoms with Crippen LogP contribution < -0.4 is 19.5 Å². The lowest BCUT2D eigenvalue weighted by Crippen LogP contribution is -2.37. The van der Waals surface area contributed by atoms with Crippen LogP contribution in [-0.4, -0.2) is 77.1 Å². The molecule has 0 radical (unpaired) electrons. The fourth-order valence-electron chi connectivity index (χ4n) is 3.28. The van der Waals surface area contributed by atoms with Crippen molar-refractivity contribution in [2.45, 2.75) is 19.8 Å². The van der Waals surface area contributed by atoms with Gasteiger partial charge in [0.2, 0.25) is 15.8 Å². The van der Waals surface area contributed by atoms with Crippen molar-refractivity contribution in [3.8, 4) is 5.75 Å². The largest absolute Gasteiger partial charge is 0.486 e. The number of esters is 1. The van der Waals surface area contributed by atoms with Gasteiger partial charge in [-0.15, -0.1) is 0 Å².